The van der Waals surface area contributed by atoms with Crippen molar-refractivity contribution in [2.75, 3.05) is 7.05 Å². The Labute approximate surface area is 194 Å². The molecule has 6 nitrogen and oxygen atoms in total. The molecule has 0 spiro atoms. The first-order chi connectivity index (χ1) is 15.6. The second kappa shape index (κ2) is 8.57. The summed E-state index contributed by atoms with van der Waals surface area (Å²) in [4.78, 5) is 18.5. The van der Waals surface area contributed by atoms with E-state index in [0.717, 1.165) is 16.7 Å². The molecule has 1 atom stereocenters. The van der Waals surface area contributed by atoms with Crippen LogP contribution < -0.4 is 5.56 Å². The lowest BCUT2D eigenvalue weighted by Gasteiger charge is -2.26. The minimum absolute atomic E-state index is 0.198. The van der Waals surface area contributed by atoms with Crippen LogP contribution in [0.3, 0.4) is 0 Å². The monoisotopic (exact) mass is 461 g/mol. The van der Waals surface area contributed by atoms with Gasteiger partial charge in [0.25, 0.3) is 5.56 Å². The van der Waals surface area contributed by atoms with E-state index in [1.54, 1.807) is 49.4 Å². The predicted octanol–water partition coefficient (Wildman–Crippen LogP) is 4.69. The summed E-state index contributed by atoms with van der Waals surface area (Å²) in [6.45, 7) is 7.64. The average molecular weight is 462 g/mol. The minimum Gasteiger partial charge on any atom is -0.268 e. The number of rotatable bonds is 5. The van der Waals surface area contributed by atoms with Gasteiger partial charge < -0.3 is 0 Å². The zero-order chi connectivity index (χ0) is 23.9. The van der Waals surface area contributed by atoms with Crippen molar-refractivity contribution in [2.24, 2.45) is 0 Å². The topological polar surface area (TPSA) is 72.3 Å². The highest BCUT2D eigenvalue weighted by Crippen LogP contribution is 2.27. The lowest BCUT2D eigenvalue weighted by Crippen LogP contribution is -2.35. The van der Waals surface area contributed by atoms with Crippen LogP contribution in [0.2, 0.25) is 0 Å². The molecule has 0 saturated heterocycles. The van der Waals surface area contributed by atoms with E-state index in [2.05, 4.69) is 0 Å². The zero-order valence-corrected chi connectivity index (χ0v) is 20.2. The van der Waals surface area contributed by atoms with Crippen LogP contribution in [-0.2, 0) is 10.0 Å². The number of fused-ring (bicyclic) bond motifs is 1. The zero-order valence-electron chi connectivity index (χ0n) is 19.4. The van der Waals surface area contributed by atoms with Gasteiger partial charge in [-0.2, -0.15) is 4.31 Å². The molecule has 4 rings (SSSR count). The molecular formula is C26H27N3O3S. The van der Waals surface area contributed by atoms with Gasteiger partial charge in [-0.15, -0.1) is 0 Å². The third kappa shape index (κ3) is 4.10. The third-order valence-electron chi connectivity index (χ3n) is 6.17. The van der Waals surface area contributed by atoms with Gasteiger partial charge in [0, 0.05) is 7.05 Å². The summed E-state index contributed by atoms with van der Waals surface area (Å²) in [5.74, 6) is 0.361. The molecule has 1 aromatic heterocycles. The Hall–Kier alpha value is -3.29. The van der Waals surface area contributed by atoms with Crippen LogP contribution in [0.15, 0.2) is 76.4 Å². The van der Waals surface area contributed by atoms with Crippen molar-refractivity contribution in [2.45, 2.75) is 38.6 Å². The van der Waals surface area contributed by atoms with Gasteiger partial charge in [0.1, 0.15) is 5.82 Å². The van der Waals surface area contributed by atoms with Gasteiger partial charge in [0.2, 0.25) is 10.0 Å². The maximum atomic E-state index is 13.6. The predicted molar refractivity (Wildman–Crippen MR) is 131 cm³/mol. The second-order valence-electron chi connectivity index (χ2n) is 8.41. The molecule has 3 aromatic carbocycles. The van der Waals surface area contributed by atoms with Crippen molar-refractivity contribution in [1.82, 2.24) is 13.9 Å². The molecule has 0 aliphatic carbocycles. The number of hydrogen-bond acceptors (Lipinski definition) is 4. The van der Waals surface area contributed by atoms with Gasteiger partial charge in [-0.25, -0.2) is 13.4 Å². The molecule has 0 amide bonds. The Balaban J connectivity index is 1.93. The maximum Gasteiger partial charge on any atom is 0.266 e. The summed E-state index contributed by atoms with van der Waals surface area (Å²) in [6, 6.07) is 18.9. The van der Waals surface area contributed by atoms with Crippen molar-refractivity contribution in [3.05, 3.63) is 99.6 Å². The first kappa shape index (κ1) is 22.9. The molecule has 0 radical (unpaired) electrons. The molecule has 0 aliphatic heterocycles. The van der Waals surface area contributed by atoms with Gasteiger partial charge in [-0.05, 0) is 75.2 Å². The van der Waals surface area contributed by atoms with Gasteiger partial charge in [-0.3, -0.25) is 9.36 Å². The molecular weight excluding hydrogens is 434 g/mol. The van der Waals surface area contributed by atoms with Crippen LogP contribution in [0.25, 0.3) is 16.6 Å². The molecule has 0 N–H and O–H groups in total. The SMILES string of the molecule is Cc1ccc(S(=O)(=O)N(C)C(C)c2nc3ccccc3c(=O)n2-c2ccc(C)c(C)c2)cc1. The van der Waals surface area contributed by atoms with Crippen LogP contribution in [0, 0.1) is 20.8 Å². The molecule has 0 aliphatic rings. The molecule has 33 heavy (non-hydrogen) atoms. The van der Waals surface area contributed by atoms with Crippen LogP contribution in [-0.4, -0.2) is 29.3 Å². The normalized spacial score (nSPS) is 12.9. The molecule has 0 bridgehead atoms. The Bertz CT molecular complexity index is 1510. The van der Waals surface area contributed by atoms with Crippen LogP contribution >= 0.6 is 0 Å². The molecule has 1 unspecified atom stereocenters. The fraction of sp³-hybridized carbons (Fsp3) is 0.231. The van der Waals surface area contributed by atoms with E-state index in [-0.39, 0.29) is 10.5 Å². The number of aryl methyl sites for hydroxylation is 3. The van der Waals surface area contributed by atoms with E-state index in [9.17, 15) is 13.2 Å². The summed E-state index contributed by atoms with van der Waals surface area (Å²) < 4.78 is 29.5. The highest BCUT2D eigenvalue weighted by atomic mass is 32.2. The molecule has 0 fully saturated rings. The number of para-hydroxylation sites is 1. The van der Waals surface area contributed by atoms with Crippen molar-refractivity contribution < 1.29 is 8.42 Å². The quantitative estimate of drug-likeness (QED) is 0.432. The summed E-state index contributed by atoms with van der Waals surface area (Å²) in [5.41, 5.74) is 4.08. The second-order valence-corrected chi connectivity index (χ2v) is 10.4. The molecule has 4 aromatic rings. The molecule has 0 saturated carbocycles. The van der Waals surface area contributed by atoms with E-state index < -0.39 is 16.1 Å². The Morgan fingerprint density at radius 3 is 2.24 bits per heavy atom. The maximum absolute atomic E-state index is 13.6. The number of aromatic nitrogens is 2. The van der Waals surface area contributed by atoms with E-state index in [0.29, 0.717) is 22.4 Å². The van der Waals surface area contributed by atoms with Crippen LogP contribution in [0.1, 0.15) is 35.5 Å². The van der Waals surface area contributed by atoms with Gasteiger partial charge in [0.15, 0.2) is 0 Å². The largest absolute Gasteiger partial charge is 0.268 e. The smallest absolute Gasteiger partial charge is 0.266 e. The Morgan fingerprint density at radius 2 is 1.58 bits per heavy atom. The molecule has 170 valence electrons. The molecule has 1 heterocycles. The lowest BCUT2D eigenvalue weighted by atomic mass is 10.1. The first-order valence-electron chi connectivity index (χ1n) is 10.8. The summed E-state index contributed by atoms with van der Waals surface area (Å²) >= 11 is 0. The number of nitrogens with zero attached hydrogens (tertiary/aromatic N) is 3. The van der Waals surface area contributed by atoms with Crippen molar-refractivity contribution >= 4 is 20.9 Å². The van der Waals surface area contributed by atoms with E-state index in [1.165, 1.54) is 15.9 Å². The van der Waals surface area contributed by atoms with Crippen molar-refractivity contribution in [3.63, 3.8) is 0 Å². The van der Waals surface area contributed by atoms with E-state index in [1.807, 2.05) is 45.0 Å². The summed E-state index contributed by atoms with van der Waals surface area (Å²) in [7, 11) is -2.29. The van der Waals surface area contributed by atoms with E-state index >= 15 is 0 Å². The number of hydrogen-bond donors (Lipinski definition) is 0. The Kier molecular flexibility index (Phi) is 5.95. The van der Waals surface area contributed by atoms with Gasteiger partial charge in [0.05, 0.1) is 27.5 Å². The molecule has 7 heteroatoms. The Morgan fingerprint density at radius 1 is 0.909 bits per heavy atom. The number of sulfonamides is 1. The van der Waals surface area contributed by atoms with E-state index in [4.69, 9.17) is 4.98 Å². The number of benzene rings is 3. The van der Waals surface area contributed by atoms with Crippen molar-refractivity contribution in [3.8, 4) is 5.69 Å². The highest BCUT2D eigenvalue weighted by molar-refractivity contribution is 7.89. The highest BCUT2D eigenvalue weighted by Gasteiger charge is 2.30. The van der Waals surface area contributed by atoms with Gasteiger partial charge >= 0.3 is 0 Å². The lowest BCUT2D eigenvalue weighted by molar-refractivity contribution is 0.379. The van der Waals surface area contributed by atoms with Crippen LogP contribution in [0.4, 0.5) is 0 Å². The van der Waals surface area contributed by atoms with Crippen molar-refractivity contribution in [1.29, 1.82) is 0 Å². The standard InChI is InChI=1S/C26H27N3O3S/c1-17-10-14-22(15-11-17)33(31,32)28(5)20(4)25-27-24-9-7-6-8-23(24)26(30)29(25)21-13-12-18(2)19(3)16-21/h6-16,20H,1-5H3. The fourth-order valence-corrected chi connectivity index (χ4v) is 5.11. The minimum atomic E-state index is -3.81. The summed E-state index contributed by atoms with van der Waals surface area (Å²) in [5, 5.41) is 0.482. The van der Waals surface area contributed by atoms with Gasteiger partial charge in [-0.1, -0.05) is 35.9 Å². The first-order valence-corrected chi connectivity index (χ1v) is 12.2. The van der Waals surface area contributed by atoms with Crippen LogP contribution in [0.5, 0.6) is 0 Å². The fourth-order valence-electron chi connectivity index (χ4n) is 3.79. The summed E-state index contributed by atoms with van der Waals surface area (Å²) in [6.07, 6.45) is 0. The third-order valence-corrected chi connectivity index (χ3v) is 8.11. The average Bonchev–Trinajstić information content (AvgIpc) is 2.80.